The summed E-state index contributed by atoms with van der Waals surface area (Å²) in [5, 5.41) is 11.8. The van der Waals surface area contributed by atoms with Crippen LogP contribution >= 0.6 is 27.7 Å². The lowest BCUT2D eigenvalue weighted by atomic mass is 10.2. The lowest BCUT2D eigenvalue weighted by Crippen LogP contribution is -2.28. The quantitative estimate of drug-likeness (QED) is 0.777. The molecule has 0 atom stereocenters. The van der Waals surface area contributed by atoms with E-state index in [1.807, 2.05) is 13.8 Å². The molecule has 1 rings (SSSR count). The molecule has 1 amide bonds. The number of hydrogen-bond donors (Lipinski definition) is 2. The molecule has 0 radical (unpaired) electrons. The van der Waals surface area contributed by atoms with Gasteiger partial charge >= 0.3 is 5.97 Å². The highest BCUT2D eigenvalue weighted by Crippen LogP contribution is 2.24. The Bertz CT molecular complexity index is 477. The molecule has 6 heteroatoms. The molecule has 0 saturated heterocycles. The van der Waals surface area contributed by atoms with Crippen molar-refractivity contribution in [3.05, 3.63) is 28.2 Å². The van der Waals surface area contributed by atoms with Gasteiger partial charge in [0.15, 0.2) is 0 Å². The van der Waals surface area contributed by atoms with Crippen molar-refractivity contribution in [2.24, 2.45) is 5.92 Å². The van der Waals surface area contributed by atoms with Gasteiger partial charge in [-0.3, -0.25) is 4.79 Å². The van der Waals surface area contributed by atoms with E-state index >= 15 is 0 Å². The van der Waals surface area contributed by atoms with Crippen LogP contribution in [0.2, 0.25) is 0 Å². The summed E-state index contributed by atoms with van der Waals surface area (Å²) in [7, 11) is 0. The van der Waals surface area contributed by atoms with Crippen molar-refractivity contribution in [3.8, 4) is 0 Å². The molecule has 0 aliphatic carbocycles. The van der Waals surface area contributed by atoms with E-state index in [9.17, 15) is 9.59 Å². The van der Waals surface area contributed by atoms with E-state index in [0.717, 1.165) is 4.90 Å². The second kappa shape index (κ2) is 7.55. The van der Waals surface area contributed by atoms with Crippen LogP contribution in [-0.4, -0.2) is 29.3 Å². The highest BCUT2D eigenvalue weighted by Gasteiger charge is 2.10. The number of rotatable bonds is 6. The maximum atomic E-state index is 11.5. The Kier molecular flexibility index (Phi) is 6.37. The maximum Gasteiger partial charge on any atom is 0.336 e. The monoisotopic (exact) mass is 345 g/mol. The largest absolute Gasteiger partial charge is 0.478 e. The Morgan fingerprint density at radius 2 is 2.11 bits per heavy atom. The molecule has 104 valence electrons. The fourth-order valence-corrected chi connectivity index (χ4v) is 2.46. The Labute approximate surface area is 125 Å². The van der Waals surface area contributed by atoms with Crippen LogP contribution < -0.4 is 5.32 Å². The number of carboxylic acid groups (broad SMARTS) is 1. The third-order valence-electron chi connectivity index (χ3n) is 2.25. The summed E-state index contributed by atoms with van der Waals surface area (Å²) < 4.78 is 0.536. The Morgan fingerprint density at radius 3 is 2.68 bits per heavy atom. The van der Waals surface area contributed by atoms with Crippen LogP contribution in [0, 0.1) is 5.92 Å². The SMILES string of the molecule is CC(C)CNC(=O)CSc1ccc(Br)c(C(=O)O)c1. The van der Waals surface area contributed by atoms with Crippen LogP contribution in [0.15, 0.2) is 27.6 Å². The van der Waals surface area contributed by atoms with Gasteiger partial charge < -0.3 is 10.4 Å². The number of carboxylic acids is 1. The lowest BCUT2D eigenvalue weighted by Gasteiger charge is -2.08. The van der Waals surface area contributed by atoms with Crippen molar-refractivity contribution < 1.29 is 14.7 Å². The number of carbonyl (C=O) groups is 2. The first-order valence-electron chi connectivity index (χ1n) is 5.82. The van der Waals surface area contributed by atoms with Crippen molar-refractivity contribution in [1.29, 1.82) is 0 Å². The summed E-state index contributed by atoms with van der Waals surface area (Å²) in [5.41, 5.74) is 0.201. The van der Waals surface area contributed by atoms with Gasteiger partial charge in [-0.05, 0) is 40.0 Å². The number of thioether (sulfide) groups is 1. The van der Waals surface area contributed by atoms with Crippen LogP contribution in [0.5, 0.6) is 0 Å². The van der Waals surface area contributed by atoms with Gasteiger partial charge in [0.05, 0.1) is 11.3 Å². The number of halogens is 1. The zero-order valence-electron chi connectivity index (χ0n) is 10.8. The predicted molar refractivity (Wildman–Crippen MR) is 79.7 cm³/mol. The molecule has 1 aromatic carbocycles. The molecule has 0 unspecified atom stereocenters. The highest BCUT2D eigenvalue weighted by atomic mass is 79.9. The molecule has 1 aromatic rings. The second-order valence-corrected chi connectivity index (χ2v) is 6.34. The number of aromatic carboxylic acids is 1. The lowest BCUT2D eigenvalue weighted by molar-refractivity contribution is -0.118. The second-order valence-electron chi connectivity index (χ2n) is 4.43. The number of amides is 1. The first-order chi connectivity index (χ1) is 8.90. The minimum absolute atomic E-state index is 0.0431. The topological polar surface area (TPSA) is 66.4 Å². The van der Waals surface area contributed by atoms with E-state index in [0.29, 0.717) is 16.9 Å². The van der Waals surface area contributed by atoms with Gasteiger partial charge in [-0.1, -0.05) is 13.8 Å². The fraction of sp³-hybridized carbons (Fsp3) is 0.385. The van der Waals surface area contributed by atoms with Crippen LogP contribution in [-0.2, 0) is 4.79 Å². The van der Waals surface area contributed by atoms with Crippen LogP contribution in [0.25, 0.3) is 0 Å². The van der Waals surface area contributed by atoms with Gasteiger partial charge in [-0.15, -0.1) is 11.8 Å². The van der Waals surface area contributed by atoms with Gasteiger partial charge in [-0.2, -0.15) is 0 Å². The maximum absolute atomic E-state index is 11.5. The summed E-state index contributed by atoms with van der Waals surface area (Å²) >= 11 is 4.51. The normalized spacial score (nSPS) is 10.5. The molecule has 0 aromatic heterocycles. The van der Waals surface area contributed by atoms with Crippen LogP contribution in [0.3, 0.4) is 0 Å². The van der Waals surface area contributed by atoms with E-state index in [1.165, 1.54) is 11.8 Å². The van der Waals surface area contributed by atoms with Crippen molar-refractivity contribution in [3.63, 3.8) is 0 Å². The van der Waals surface area contributed by atoms with Gasteiger partial charge in [0.25, 0.3) is 0 Å². The molecule has 0 fully saturated rings. The Balaban J connectivity index is 2.56. The first-order valence-corrected chi connectivity index (χ1v) is 7.60. The number of carbonyl (C=O) groups excluding carboxylic acids is 1. The summed E-state index contributed by atoms with van der Waals surface area (Å²) in [6, 6.07) is 5.03. The van der Waals surface area contributed by atoms with E-state index in [2.05, 4.69) is 21.2 Å². The van der Waals surface area contributed by atoms with Gasteiger partial charge in [-0.25, -0.2) is 4.79 Å². The van der Waals surface area contributed by atoms with E-state index in [1.54, 1.807) is 18.2 Å². The molecule has 0 bridgehead atoms. The third-order valence-corrected chi connectivity index (χ3v) is 3.93. The molecule has 19 heavy (non-hydrogen) atoms. The summed E-state index contributed by atoms with van der Waals surface area (Å²) in [5.74, 6) is -0.328. The van der Waals surface area contributed by atoms with Crippen molar-refractivity contribution in [1.82, 2.24) is 5.32 Å². The number of nitrogens with one attached hydrogen (secondary N) is 1. The minimum Gasteiger partial charge on any atom is -0.478 e. The van der Waals surface area contributed by atoms with Crippen molar-refractivity contribution in [2.75, 3.05) is 12.3 Å². The van der Waals surface area contributed by atoms with Gasteiger partial charge in [0.1, 0.15) is 0 Å². The van der Waals surface area contributed by atoms with Gasteiger partial charge in [0.2, 0.25) is 5.91 Å². The molecular formula is C13H16BrNO3S. The van der Waals surface area contributed by atoms with Crippen molar-refractivity contribution >= 4 is 39.6 Å². The van der Waals surface area contributed by atoms with Gasteiger partial charge in [0, 0.05) is 15.9 Å². The minimum atomic E-state index is -0.987. The van der Waals surface area contributed by atoms with E-state index in [-0.39, 0.29) is 17.2 Å². The number of benzene rings is 1. The molecule has 0 saturated carbocycles. The standard InChI is InChI=1S/C13H16BrNO3S/c1-8(2)6-15-12(16)7-19-9-3-4-11(14)10(5-9)13(17)18/h3-5,8H,6-7H2,1-2H3,(H,15,16)(H,17,18). The zero-order chi connectivity index (χ0) is 14.4. The van der Waals surface area contributed by atoms with E-state index < -0.39 is 5.97 Å². The molecule has 0 spiro atoms. The first kappa shape index (κ1) is 16.0. The molecular weight excluding hydrogens is 330 g/mol. The fourth-order valence-electron chi connectivity index (χ4n) is 1.28. The third kappa shape index (κ3) is 5.65. The van der Waals surface area contributed by atoms with Crippen LogP contribution in [0.4, 0.5) is 0 Å². The average Bonchev–Trinajstić information content (AvgIpc) is 2.35. The number of hydrogen-bond acceptors (Lipinski definition) is 3. The summed E-state index contributed by atoms with van der Waals surface area (Å²) in [4.78, 5) is 23.3. The zero-order valence-corrected chi connectivity index (χ0v) is 13.2. The van der Waals surface area contributed by atoms with E-state index in [4.69, 9.17) is 5.11 Å². The molecule has 0 aliphatic heterocycles. The predicted octanol–water partition coefficient (Wildman–Crippen LogP) is 3.01. The highest BCUT2D eigenvalue weighted by molar-refractivity contribution is 9.10. The summed E-state index contributed by atoms with van der Waals surface area (Å²) in [6.07, 6.45) is 0. The summed E-state index contributed by atoms with van der Waals surface area (Å²) in [6.45, 7) is 4.71. The smallest absolute Gasteiger partial charge is 0.336 e. The molecule has 2 N–H and O–H groups in total. The average molecular weight is 346 g/mol. The Morgan fingerprint density at radius 1 is 1.42 bits per heavy atom. The Hall–Kier alpha value is -1.01. The molecule has 4 nitrogen and oxygen atoms in total. The molecule has 0 aliphatic rings. The molecule has 0 heterocycles. The van der Waals surface area contributed by atoms with Crippen LogP contribution in [0.1, 0.15) is 24.2 Å². The van der Waals surface area contributed by atoms with Crippen molar-refractivity contribution in [2.45, 2.75) is 18.7 Å².